The summed E-state index contributed by atoms with van der Waals surface area (Å²) in [6, 6.07) is 0. The Hall–Kier alpha value is -1.05. The fourth-order valence-electron chi connectivity index (χ4n) is 0.885. The van der Waals surface area contributed by atoms with Crippen LogP contribution in [0.15, 0.2) is 6.20 Å². The molecule has 2 N–H and O–H groups in total. The maximum atomic E-state index is 12.7. The normalized spacial score (nSPS) is 12.4. The minimum atomic E-state index is -5.69. The molecular formula is C6H7ClF5N3. The average Bonchev–Trinajstić information content (AvgIpc) is 2.27. The van der Waals surface area contributed by atoms with E-state index in [4.69, 9.17) is 5.73 Å². The van der Waals surface area contributed by atoms with Crippen molar-refractivity contribution >= 4 is 18.1 Å². The summed E-state index contributed by atoms with van der Waals surface area (Å²) in [5.74, 6) is -5.02. The Labute approximate surface area is 87.5 Å². The maximum absolute atomic E-state index is 12.7. The van der Waals surface area contributed by atoms with Crippen molar-refractivity contribution in [1.29, 1.82) is 0 Å². The molecule has 15 heavy (non-hydrogen) atoms. The molecule has 1 heterocycles. The second-order valence-corrected chi connectivity index (χ2v) is 2.68. The summed E-state index contributed by atoms with van der Waals surface area (Å²) >= 11 is 0. The van der Waals surface area contributed by atoms with Crippen LogP contribution in [-0.4, -0.2) is 16.0 Å². The van der Waals surface area contributed by atoms with Gasteiger partial charge >= 0.3 is 12.1 Å². The number of nitrogen functional groups attached to an aromatic ring is 1. The largest absolute Gasteiger partial charge is 0.459 e. The van der Waals surface area contributed by atoms with Gasteiger partial charge in [-0.15, -0.1) is 12.4 Å². The van der Waals surface area contributed by atoms with Crippen LogP contribution >= 0.6 is 12.4 Å². The molecule has 0 radical (unpaired) electrons. The van der Waals surface area contributed by atoms with Crippen LogP contribution in [0.5, 0.6) is 0 Å². The minimum absolute atomic E-state index is 0. The average molecular weight is 252 g/mol. The summed E-state index contributed by atoms with van der Waals surface area (Å²) in [6.45, 7) is 0. The molecule has 1 aromatic heterocycles. The van der Waals surface area contributed by atoms with E-state index in [0.29, 0.717) is 0 Å². The summed E-state index contributed by atoms with van der Waals surface area (Å²) in [7, 11) is 1.20. The molecule has 9 heteroatoms. The molecular weight excluding hydrogens is 245 g/mol. The molecule has 0 fully saturated rings. The van der Waals surface area contributed by atoms with Gasteiger partial charge in [0.2, 0.25) is 0 Å². The first-order chi connectivity index (χ1) is 6.16. The van der Waals surface area contributed by atoms with Gasteiger partial charge < -0.3 is 5.73 Å². The number of nitrogens with two attached hydrogens (primary N) is 1. The Kier molecular flexibility index (Phi) is 3.57. The van der Waals surface area contributed by atoms with Crippen molar-refractivity contribution in [2.75, 3.05) is 5.73 Å². The number of hydrogen-bond acceptors (Lipinski definition) is 2. The van der Waals surface area contributed by atoms with Gasteiger partial charge in [-0.3, -0.25) is 4.68 Å². The molecule has 88 valence electrons. The van der Waals surface area contributed by atoms with Gasteiger partial charge in [0.1, 0.15) is 0 Å². The molecule has 0 aliphatic carbocycles. The summed E-state index contributed by atoms with van der Waals surface area (Å²) in [6.07, 6.45) is -4.80. The lowest BCUT2D eigenvalue weighted by Gasteiger charge is -2.17. The molecule has 0 saturated heterocycles. The third-order valence-corrected chi connectivity index (χ3v) is 1.51. The van der Waals surface area contributed by atoms with Crippen LogP contribution in [0.1, 0.15) is 5.69 Å². The Morgan fingerprint density at radius 2 is 1.73 bits per heavy atom. The summed E-state index contributed by atoms with van der Waals surface area (Å²) in [4.78, 5) is 0. The topological polar surface area (TPSA) is 43.8 Å². The first-order valence-electron chi connectivity index (χ1n) is 3.40. The summed E-state index contributed by atoms with van der Waals surface area (Å²) in [5.41, 5.74) is 2.81. The van der Waals surface area contributed by atoms with Crippen LogP contribution in [0, 0.1) is 0 Å². The summed E-state index contributed by atoms with van der Waals surface area (Å²) in [5, 5.41) is 2.97. The molecule has 0 amide bonds. The van der Waals surface area contributed by atoms with E-state index in [0.717, 1.165) is 10.9 Å². The number of nitrogens with zero attached hydrogens (tertiary/aromatic N) is 2. The highest BCUT2D eigenvalue weighted by Gasteiger charge is 2.61. The fourth-order valence-corrected chi connectivity index (χ4v) is 0.885. The van der Waals surface area contributed by atoms with Crippen molar-refractivity contribution in [2.45, 2.75) is 12.1 Å². The number of alkyl halides is 5. The van der Waals surface area contributed by atoms with Crippen molar-refractivity contribution in [3.63, 3.8) is 0 Å². The van der Waals surface area contributed by atoms with E-state index >= 15 is 0 Å². The second-order valence-electron chi connectivity index (χ2n) is 2.68. The number of halogens is 6. The van der Waals surface area contributed by atoms with Gasteiger partial charge in [0.25, 0.3) is 0 Å². The van der Waals surface area contributed by atoms with E-state index in [1.165, 1.54) is 7.05 Å². The van der Waals surface area contributed by atoms with E-state index in [-0.39, 0.29) is 12.4 Å². The molecule has 0 saturated carbocycles. The van der Waals surface area contributed by atoms with Gasteiger partial charge in [-0.25, -0.2) is 0 Å². The Bertz CT molecular complexity index is 345. The van der Waals surface area contributed by atoms with Crippen LogP contribution in [-0.2, 0) is 13.0 Å². The van der Waals surface area contributed by atoms with E-state index in [1.807, 2.05) is 0 Å². The first-order valence-corrected chi connectivity index (χ1v) is 3.40. The van der Waals surface area contributed by atoms with Crippen molar-refractivity contribution in [3.05, 3.63) is 11.9 Å². The monoisotopic (exact) mass is 251 g/mol. The van der Waals surface area contributed by atoms with Gasteiger partial charge in [0, 0.05) is 13.2 Å². The van der Waals surface area contributed by atoms with Crippen LogP contribution in [0.2, 0.25) is 0 Å². The highest BCUT2D eigenvalue weighted by atomic mass is 35.5. The number of aromatic nitrogens is 2. The molecule has 1 rings (SSSR count). The van der Waals surface area contributed by atoms with Gasteiger partial charge in [-0.05, 0) is 0 Å². The SMILES string of the molecule is Cl.Cn1cc(N)c(C(F)(F)C(F)(F)F)n1. The van der Waals surface area contributed by atoms with Gasteiger partial charge in [-0.2, -0.15) is 27.1 Å². The number of rotatable bonds is 1. The van der Waals surface area contributed by atoms with E-state index in [2.05, 4.69) is 5.10 Å². The van der Waals surface area contributed by atoms with E-state index in [1.54, 1.807) is 0 Å². The Morgan fingerprint density at radius 3 is 2.00 bits per heavy atom. The van der Waals surface area contributed by atoms with Crippen molar-refractivity contribution < 1.29 is 22.0 Å². The van der Waals surface area contributed by atoms with Gasteiger partial charge in [-0.1, -0.05) is 0 Å². The van der Waals surface area contributed by atoms with Crippen LogP contribution in [0.4, 0.5) is 27.6 Å². The zero-order valence-electron chi connectivity index (χ0n) is 7.35. The highest BCUT2D eigenvalue weighted by Crippen LogP contribution is 2.44. The van der Waals surface area contributed by atoms with E-state index in [9.17, 15) is 22.0 Å². The molecule has 0 unspecified atom stereocenters. The number of hydrogen-bond donors (Lipinski definition) is 1. The molecule has 1 aromatic rings. The second kappa shape index (κ2) is 3.84. The predicted octanol–water partition coefficient (Wildman–Crippen LogP) is 2.08. The third-order valence-electron chi connectivity index (χ3n) is 1.51. The first kappa shape index (κ1) is 13.9. The Morgan fingerprint density at radius 1 is 1.27 bits per heavy atom. The Balaban J connectivity index is 0.00000196. The van der Waals surface area contributed by atoms with Crippen LogP contribution < -0.4 is 5.73 Å². The predicted molar refractivity (Wildman–Crippen MR) is 44.8 cm³/mol. The van der Waals surface area contributed by atoms with Crippen LogP contribution in [0.25, 0.3) is 0 Å². The number of anilines is 1. The molecule has 0 bridgehead atoms. The van der Waals surface area contributed by atoms with Crippen molar-refractivity contribution in [1.82, 2.24) is 9.78 Å². The zero-order chi connectivity index (χ0) is 11.1. The fraction of sp³-hybridized carbons (Fsp3) is 0.500. The quantitative estimate of drug-likeness (QED) is 0.777. The molecule has 0 aliphatic heterocycles. The van der Waals surface area contributed by atoms with Crippen molar-refractivity contribution in [2.24, 2.45) is 7.05 Å². The molecule has 0 atom stereocenters. The molecule has 0 spiro atoms. The lowest BCUT2D eigenvalue weighted by Crippen LogP contribution is -2.34. The lowest BCUT2D eigenvalue weighted by atomic mass is 10.2. The lowest BCUT2D eigenvalue weighted by molar-refractivity contribution is -0.290. The standard InChI is InChI=1S/C6H6F5N3.ClH/c1-14-2-3(12)4(13-14)5(7,8)6(9,10)11;/h2H,12H2,1H3;1H. The van der Waals surface area contributed by atoms with Gasteiger partial charge in [0.05, 0.1) is 5.69 Å². The summed E-state index contributed by atoms with van der Waals surface area (Å²) < 4.78 is 61.7. The molecule has 0 aliphatic rings. The highest BCUT2D eigenvalue weighted by molar-refractivity contribution is 5.85. The zero-order valence-corrected chi connectivity index (χ0v) is 8.16. The van der Waals surface area contributed by atoms with Crippen molar-refractivity contribution in [3.8, 4) is 0 Å². The van der Waals surface area contributed by atoms with E-state index < -0.39 is 23.5 Å². The molecule has 3 nitrogen and oxygen atoms in total. The molecule has 0 aromatic carbocycles. The van der Waals surface area contributed by atoms with Gasteiger partial charge in [0.15, 0.2) is 5.69 Å². The maximum Gasteiger partial charge on any atom is 0.459 e. The smallest absolute Gasteiger partial charge is 0.396 e. The minimum Gasteiger partial charge on any atom is -0.396 e. The number of aryl methyl sites for hydroxylation is 1. The third kappa shape index (κ3) is 2.31. The van der Waals surface area contributed by atoms with Crippen LogP contribution in [0.3, 0.4) is 0 Å².